The molecule has 6 nitrogen and oxygen atoms in total. The van der Waals surface area contributed by atoms with Gasteiger partial charge < -0.3 is 11.2 Å². The van der Waals surface area contributed by atoms with Crippen LogP contribution in [0.15, 0.2) is 112 Å². The lowest BCUT2D eigenvalue weighted by Crippen LogP contribution is -2.14. The number of nitrogen functional groups attached to an aromatic ring is 1. The van der Waals surface area contributed by atoms with E-state index in [1.807, 2.05) is 72.9 Å². The van der Waals surface area contributed by atoms with Crippen molar-refractivity contribution in [3.05, 3.63) is 107 Å². The molecule has 146 valence electrons. The lowest BCUT2D eigenvalue weighted by atomic mass is 10.2. The molecule has 1 aromatic heterocycles. The molecule has 0 spiro atoms. The van der Waals surface area contributed by atoms with E-state index >= 15 is 0 Å². The third-order valence-corrected chi connectivity index (χ3v) is 4.50. The first kappa shape index (κ1) is 20.3. The Hall–Kier alpha value is -3.45. The fourth-order valence-corrected chi connectivity index (χ4v) is 2.69. The zero-order valence-corrected chi connectivity index (χ0v) is 17.3. The number of halogens is 1. The highest BCUT2D eigenvalue weighted by molar-refractivity contribution is 9.10. The van der Waals surface area contributed by atoms with Gasteiger partial charge in [0, 0.05) is 16.4 Å². The zero-order chi connectivity index (χ0) is 20.3. The first-order valence-electron chi connectivity index (χ1n) is 9.00. The molecule has 29 heavy (non-hydrogen) atoms. The number of benzene rings is 3. The highest BCUT2D eigenvalue weighted by Crippen LogP contribution is 2.26. The van der Waals surface area contributed by atoms with Crippen LogP contribution in [0.5, 0.6) is 0 Å². The molecule has 4 aromatic rings. The number of nitrogens with zero attached hydrogens (tertiary/aromatic N) is 4. The lowest BCUT2D eigenvalue weighted by Gasteiger charge is -2.04. The summed E-state index contributed by atoms with van der Waals surface area (Å²) in [6.07, 6.45) is 3.63. The molecule has 0 atom stereocenters. The molecule has 0 fully saturated rings. The molecule has 4 rings (SSSR count). The van der Waals surface area contributed by atoms with Gasteiger partial charge in [-0.2, -0.15) is 20.1 Å². The molecule has 0 saturated heterocycles. The van der Waals surface area contributed by atoms with Crippen LogP contribution in [0.2, 0.25) is 0 Å². The van der Waals surface area contributed by atoms with Crippen LogP contribution in [0.25, 0.3) is 0 Å². The summed E-state index contributed by atoms with van der Waals surface area (Å²) in [6.45, 7) is 0.794. The summed E-state index contributed by atoms with van der Waals surface area (Å²) in [7, 11) is 0. The predicted octanol–water partition coefficient (Wildman–Crippen LogP) is 6.07. The van der Waals surface area contributed by atoms with Crippen molar-refractivity contribution < 1.29 is 0 Å². The molecule has 0 bridgehead atoms. The van der Waals surface area contributed by atoms with Gasteiger partial charge in [0.25, 0.3) is 0 Å². The van der Waals surface area contributed by atoms with Gasteiger partial charge in [-0.25, -0.2) is 0 Å². The number of anilines is 1. The largest absolute Gasteiger partial charge is 0.398 e. The third-order valence-electron chi connectivity index (χ3n) is 3.81. The van der Waals surface area contributed by atoms with Crippen LogP contribution < -0.4 is 11.2 Å². The molecule has 3 N–H and O–H groups in total. The average molecular weight is 449 g/mol. The van der Waals surface area contributed by atoms with E-state index in [1.165, 1.54) is 5.56 Å². The lowest BCUT2D eigenvalue weighted by molar-refractivity contribution is 0.731. The first-order chi connectivity index (χ1) is 14.2. The fraction of sp³-hybridized carbons (Fsp3) is 0.0455. The molecule has 0 unspecified atom stereocenters. The van der Waals surface area contributed by atoms with Crippen LogP contribution in [0.1, 0.15) is 5.56 Å². The minimum atomic E-state index is 0.693. The minimum absolute atomic E-state index is 0.693. The van der Waals surface area contributed by atoms with E-state index in [0.29, 0.717) is 5.69 Å². The van der Waals surface area contributed by atoms with Crippen molar-refractivity contribution in [2.75, 3.05) is 11.2 Å². The molecule has 0 saturated carbocycles. The number of nitrogens with two attached hydrogens (primary N) is 1. The van der Waals surface area contributed by atoms with Crippen molar-refractivity contribution in [2.24, 2.45) is 10.2 Å². The van der Waals surface area contributed by atoms with Gasteiger partial charge in [-0.05, 0) is 57.9 Å². The Morgan fingerprint density at radius 3 is 2.21 bits per heavy atom. The quantitative estimate of drug-likeness (QED) is 0.287. The van der Waals surface area contributed by atoms with Gasteiger partial charge in [-0.3, -0.25) is 0 Å². The fourth-order valence-electron chi connectivity index (χ4n) is 2.32. The number of nitrogens with one attached hydrogen (secondary N) is 1. The van der Waals surface area contributed by atoms with Gasteiger partial charge in [0.05, 0.1) is 24.1 Å². The summed E-state index contributed by atoms with van der Waals surface area (Å²) in [6, 6.07) is 27.2. The number of azo groups is 1. The van der Waals surface area contributed by atoms with E-state index in [4.69, 9.17) is 5.73 Å². The van der Waals surface area contributed by atoms with Gasteiger partial charge in [0.2, 0.25) is 0 Å². The van der Waals surface area contributed by atoms with Gasteiger partial charge in [0.1, 0.15) is 0 Å². The van der Waals surface area contributed by atoms with Crippen LogP contribution >= 0.6 is 15.9 Å². The summed E-state index contributed by atoms with van der Waals surface area (Å²) in [4.78, 5) is 1.70. The summed E-state index contributed by atoms with van der Waals surface area (Å²) < 4.78 is 0.831. The molecule has 0 aliphatic heterocycles. The van der Waals surface area contributed by atoms with Crippen molar-refractivity contribution in [2.45, 2.75) is 6.54 Å². The predicted molar refractivity (Wildman–Crippen MR) is 121 cm³/mol. The molecule has 7 heteroatoms. The number of hydrogen-bond donors (Lipinski definition) is 2. The molecular weight excluding hydrogens is 428 g/mol. The summed E-state index contributed by atoms with van der Waals surface area (Å²) in [5.74, 6) is 0. The van der Waals surface area contributed by atoms with Crippen LogP contribution in [-0.2, 0) is 6.54 Å². The van der Waals surface area contributed by atoms with Crippen LogP contribution in [0.3, 0.4) is 0 Å². The number of hydrogen-bond acceptors (Lipinski definition) is 5. The maximum absolute atomic E-state index is 5.68. The van der Waals surface area contributed by atoms with Gasteiger partial charge in [-0.1, -0.05) is 48.5 Å². The Balaban J connectivity index is 0.000000169. The van der Waals surface area contributed by atoms with E-state index in [0.717, 1.165) is 22.4 Å². The molecule has 3 aromatic carbocycles. The highest BCUT2D eigenvalue weighted by Gasteiger charge is 1.96. The molecule has 1 heterocycles. The number of rotatable bonds is 5. The van der Waals surface area contributed by atoms with E-state index in [9.17, 15) is 0 Å². The normalized spacial score (nSPS) is 10.4. The van der Waals surface area contributed by atoms with Crippen molar-refractivity contribution >= 4 is 33.0 Å². The van der Waals surface area contributed by atoms with E-state index in [-0.39, 0.29) is 0 Å². The second-order valence-corrected chi connectivity index (χ2v) is 6.87. The topological polar surface area (TPSA) is 80.6 Å². The number of aromatic nitrogens is 2. The second-order valence-electron chi connectivity index (χ2n) is 6.01. The molecule has 0 amide bonds. The molecule has 0 aliphatic carbocycles. The van der Waals surface area contributed by atoms with Crippen molar-refractivity contribution in [3.63, 3.8) is 0 Å². The van der Waals surface area contributed by atoms with Gasteiger partial charge in [-0.15, -0.1) is 0 Å². The van der Waals surface area contributed by atoms with E-state index in [1.54, 1.807) is 17.1 Å². The maximum Gasteiger partial charge on any atom is 0.0869 e. The average Bonchev–Trinajstić information content (AvgIpc) is 3.29. The summed E-state index contributed by atoms with van der Waals surface area (Å²) in [5.41, 5.74) is 12.4. The minimum Gasteiger partial charge on any atom is -0.398 e. The van der Waals surface area contributed by atoms with Crippen LogP contribution in [0, 0.1) is 0 Å². The van der Waals surface area contributed by atoms with Gasteiger partial charge >= 0.3 is 0 Å². The molecule has 0 radical (unpaired) electrons. The summed E-state index contributed by atoms with van der Waals surface area (Å²) >= 11 is 3.35. The Kier molecular flexibility index (Phi) is 7.54. The van der Waals surface area contributed by atoms with Crippen LogP contribution in [0.4, 0.5) is 17.1 Å². The molecule has 0 aliphatic rings. The van der Waals surface area contributed by atoms with Crippen molar-refractivity contribution in [1.82, 2.24) is 9.89 Å². The molecular formula is C22H21BrN6. The Labute approximate surface area is 178 Å². The van der Waals surface area contributed by atoms with Gasteiger partial charge in [0.15, 0.2) is 0 Å². The Morgan fingerprint density at radius 1 is 0.862 bits per heavy atom. The summed E-state index contributed by atoms with van der Waals surface area (Å²) in [5, 5.41) is 12.3. The third kappa shape index (κ3) is 6.90. The Morgan fingerprint density at radius 2 is 1.55 bits per heavy atom. The monoisotopic (exact) mass is 448 g/mol. The van der Waals surface area contributed by atoms with E-state index < -0.39 is 0 Å². The SMILES string of the molecule is Nc1ccc(N=Nc2ccccc2)cc1Br.c1ccc(CNn2cccn2)cc1. The standard InChI is InChI=1S/C12H10BrN3.C10H11N3/c13-11-8-10(6-7-12(11)14)16-15-9-4-2-1-3-5-9;1-2-5-10(6-3-1)9-12-13-8-4-7-11-13/h1-8H,14H2;1-8,12H,9H2. The smallest absolute Gasteiger partial charge is 0.0869 e. The highest BCUT2D eigenvalue weighted by atomic mass is 79.9. The maximum atomic E-state index is 5.68. The first-order valence-corrected chi connectivity index (χ1v) is 9.79. The van der Waals surface area contributed by atoms with Crippen molar-refractivity contribution in [3.8, 4) is 0 Å². The van der Waals surface area contributed by atoms with E-state index in [2.05, 4.69) is 48.8 Å². The second kappa shape index (κ2) is 10.8. The van der Waals surface area contributed by atoms with Crippen LogP contribution in [-0.4, -0.2) is 9.89 Å². The van der Waals surface area contributed by atoms with Crippen molar-refractivity contribution in [1.29, 1.82) is 0 Å². The zero-order valence-electron chi connectivity index (χ0n) is 15.7. The Bertz CT molecular complexity index is 1020.